The van der Waals surface area contributed by atoms with E-state index < -0.39 is 11.9 Å². The molecule has 1 aromatic rings. The summed E-state index contributed by atoms with van der Waals surface area (Å²) in [4.78, 5) is 33.7. The third-order valence-electron chi connectivity index (χ3n) is 2.35. The third kappa shape index (κ3) is 4.79. The van der Waals surface area contributed by atoms with E-state index in [1.54, 1.807) is 31.2 Å². The number of carbonyl (C=O) groups excluding carboxylic acids is 2. The second kappa shape index (κ2) is 7.15. The number of carboxylic acid groups (broad SMARTS) is 1. The molecule has 0 aliphatic heterocycles. The number of carboxylic acids is 1. The van der Waals surface area contributed by atoms with E-state index in [-0.39, 0.29) is 18.7 Å². The van der Waals surface area contributed by atoms with Gasteiger partial charge in [0.1, 0.15) is 0 Å². The van der Waals surface area contributed by atoms with Crippen molar-refractivity contribution in [3.05, 3.63) is 29.8 Å². The van der Waals surface area contributed by atoms with Gasteiger partial charge in [-0.2, -0.15) is 0 Å². The Bertz CT molecular complexity index is 485. The minimum Gasteiger partial charge on any atom is -0.481 e. The molecule has 19 heavy (non-hydrogen) atoms. The molecule has 0 bridgehead atoms. The number of nitrogens with one attached hydrogen (secondary N) is 2. The van der Waals surface area contributed by atoms with Gasteiger partial charge >= 0.3 is 5.97 Å². The van der Waals surface area contributed by atoms with Crippen molar-refractivity contribution < 1.29 is 19.5 Å². The van der Waals surface area contributed by atoms with Crippen LogP contribution in [-0.2, 0) is 9.59 Å². The molecule has 0 aromatic heterocycles. The lowest BCUT2D eigenvalue weighted by Gasteiger charge is -2.10. The summed E-state index contributed by atoms with van der Waals surface area (Å²) >= 11 is 0. The monoisotopic (exact) mass is 264 g/mol. The van der Waals surface area contributed by atoms with E-state index in [1.807, 2.05) is 0 Å². The minimum absolute atomic E-state index is 0.126. The molecule has 2 amide bonds. The maximum Gasteiger partial charge on any atom is 0.303 e. The van der Waals surface area contributed by atoms with Crippen LogP contribution in [0.15, 0.2) is 24.3 Å². The van der Waals surface area contributed by atoms with Crippen LogP contribution >= 0.6 is 0 Å². The second-order valence-electron chi connectivity index (χ2n) is 3.85. The van der Waals surface area contributed by atoms with E-state index in [1.165, 1.54) is 0 Å². The number of para-hydroxylation sites is 1. The van der Waals surface area contributed by atoms with E-state index in [0.29, 0.717) is 17.8 Å². The van der Waals surface area contributed by atoms with Gasteiger partial charge < -0.3 is 15.7 Å². The molecule has 0 unspecified atom stereocenters. The summed E-state index contributed by atoms with van der Waals surface area (Å²) in [5.74, 6) is -1.75. The van der Waals surface area contributed by atoms with Crippen LogP contribution in [0.2, 0.25) is 0 Å². The molecule has 0 heterocycles. The lowest BCUT2D eigenvalue weighted by atomic mass is 10.1. The molecule has 102 valence electrons. The second-order valence-corrected chi connectivity index (χ2v) is 3.85. The maximum atomic E-state index is 11.8. The van der Waals surface area contributed by atoms with Crippen LogP contribution in [-0.4, -0.2) is 29.4 Å². The zero-order valence-corrected chi connectivity index (χ0v) is 10.6. The van der Waals surface area contributed by atoms with Gasteiger partial charge in [0.2, 0.25) is 5.91 Å². The van der Waals surface area contributed by atoms with Gasteiger partial charge in [0, 0.05) is 13.0 Å². The first-order chi connectivity index (χ1) is 9.04. The summed E-state index contributed by atoms with van der Waals surface area (Å²) in [6, 6.07) is 6.58. The highest BCUT2D eigenvalue weighted by atomic mass is 16.4. The largest absolute Gasteiger partial charge is 0.481 e. The van der Waals surface area contributed by atoms with Gasteiger partial charge in [-0.1, -0.05) is 12.1 Å². The predicted octanol–water partition coefficient (Wildman–Crippen LogP) is 1.24. The molecule has 3 N–H and O–H groups in total. The summed E-state index contributed by atoms with van der Waals surface area (Å²) in [5.41, 5.74) is 0.733. The molecule has 1 rings (SSSR count). The number of carbonyl (C=O) groups is 3. The topological polar surface area (TPSA) is 95.5 Å². The highest BCUT2D eigenvalue weighted by Crippen LogP contribution is 2.15. The van der Waals surface area contributed by atoms with E-state index in [9.17, 15) is 14.4 Å². The molecule has 0 radical (unpaired) electrons. The molecule has 0 spiro atoms. The molecule has 6 heteroatoms. The summed E-state index contributed by atoms with van der Waals surface area (Å²) in [6.45, 7) is 2.28. The molecule has 0 aliphatic rings. The Hall–Kier alpha value is -2.37. The van der Waals surface area contributed by atoms with Crippen molar-refractivity contribution in [2.24, 2.45) is 0 Å². The Kier molecular flexibility index (Phi) is 5.53. The van der Waals surface area contributed by atoms with Gasteiger partial charge in [0.25, 0.3) is 5.91 Å². The number of hydrogen-bond acceptors (Lipinski definition) is 3. The van der Waals surface area contributed by atoms with Crippen LogP contribution in [0.5, 0.6) is 0 Å². The number of amides is 2. The molecule has 0 fully saturated rings. The average Bonchev–Trinajstić information content (AvgIpc) is 2.37. The van der Waals surface area contributed by atoms with E-state index in [2.05, 4.69) is 10.6 Å². The van der Waals surface area contributed by atoms with Gasteiger partial charge in [-0.25, -0.2) is 0 Å². The highest BCUT2D eigenvalue weighted by Gasteiger charge is 2.12. The average molecular weight is 264 g/mol. The van der Waals surface area contributed by atoms with Crippen molar-refractivity contribution in [3.63, 3.8) is 0 Å². The Morgan fingerprint density at radius 2 is 1.84 bits per heavy atom. The molecule has 1 aromatic carbocycles. The Morgan fingerprint density at radius 1 is 1.16 bits per heavy atom. The molecule has 0 saturated carbocycles. The standard InChI is InChI=1S/C13H16N2O4/c1-2-14-13(19)9-5-3-4-6-10(9)15-11(16)7-8-12(17)18/h3-6H,2,7-8H2,1H3,(H,14,19)(H,15,16)(H,17,18). The Morgan fingerprint density at radius 3 is 2.47 bits per heavy atom. The summed E-state index contributed by atoms with van der Waals surface area (Å²) < 4.78 is 0. The maximum absolute atomic E-state index is 11.8. The predicted molar refractivity (Wildman–Crippen MR) is 69.9 cm³/mol. The first-order valence-corrected chi connectivity index (χ1v) is 5.93. The third-order valence-corrected chi connectivity index (χ3v) is 2.35. The number of aliphatic carboxylic acids is 1. The lowest BCUT2D eigenvalue weighted by Crippen LogP contribution is -2.24. The van der Waals surface area contributed by atoms with E-state index >= 15 is 0 Å². The zero-order chi connectivity index (χ0) is 14.3. The SMILES string of the molecule is CCNC(=O)c1ccccc1NC(=O)CCC(=O)O. The normalized spacial score (nSPS) is 9.74. The first-order valence-electron chi connectivity index (χ1n) is 5.93. The van der Waals surface area contributed by atoms with Crippen molar-refractivity contribution >= 4 is 23.5 Å². The lowest BCUT2D eigenvalue weighted by molar-refractivity contribution is -0.138. The van der Waals surface area contributed by atoms with Crippen molar-refractivity contribution in [2.45, 2.75) is 19.8 Å². The van der Waals surface area contributed by atoms with Gasteiger partial charge in [0.05, 0.1) is 17.7 Å². The fourth-order valence-corrected chi connectivity index (χ4v) is 1.48. The fourth-order valence-electron chi connectivity index (χ4n) is 1.48. The summed E-state index contributed by atoms with van der Waals surface area (Å²) in [7, 11) is 0. The molecular weight excluding hydrogens is 248 g/mol. The number of hydrogen-bond donors (Lipinski definition) is 3. The van der Waals surface area contributed by atoms with Crippen LogP contribution in [0.1, 0.15) is 30.1 Å². The highest BCUT2D eigenvalue weighted by molar-refractivity contribution is 6.03. The fraction of sp³-hybridized carbons (Fsp3) is 0.308. The summed E-state index contributed by atoms with van der Waals surface area (Å²) in [6.07, 6.45) is -0.367. The van der Waals surface area contributed by atoms with Gasteiger partial charge in [0.15, 0.2) is 0 Å². The van der Waals surface area contributed by atoms with Crippen LogP contribution in [0.3, 0.4) is 0 Å². The minimum atomic E-state index is -1.04. The smallest absolute Gasteiger partial charge is 0.303 e. The zero-order valence-electron chi connectivity index (χ0n) is 10.6. The molecule has 0 saturated heterocycles. The van der Waals surface area contributed by atoms with Gasteiger partial charge in [-0.05, 0) is 19.1 Å². The first kappa shape index (κ1) is 14.7. The molecule has 0 atom stereocenters. The van der Waals surface area contributed by atoms with Crippen LogP contribution in [0.25, 0.3) is 0 Å². The Balaban J connectivity index is 2.75. The van der Waals surface area contributed by atoms with Crippen molar-refractivity contribution in [1.82, 2.24) is 5.32 Å². The summed E-state index contributed by atoms with van der Waals surface area (Å²) in [5, 5.41) is 13.7. The van der Waals surface area contributed by atoms with Crippen LogP contribution in [0.4, 0.5) is 5.69 Å². The number of rotatable bonds is 6. The molecular formula is C13H16N2O4. The van der Waals surface area contributed by atoms with Gasteiger partial charge in [-0.15, -0.1) is 0 Å². The number of anilines is 1. The Labute approximate surface area is 110 Å². The van der Waals surface area contributed by atoms with Crippen LogP contribution < -0.4 is 10.6 Å². The number of benzene rings is 1. The van der Waals surface area contributed by atoms with E-state index in [4.69, 9.17) is 5.11 Å². The van der Waals surface area contributed by atoms with Crippen LogP contribution in [0, 0.1) is 0 Å². The molecule has 6 nitrogen and oxygen atoms in total. The molecule has 0 aliphatic carbocycles. The van der Waals surface area contributed by atoms with Gasteiger partial charge in [-0.3, -0.25) is 14.4 Å². The van der Waals surface area contributed by atoms with Crippen molar-refractivity contribution in [2.75, 3.05) is 11.9 Å². The van der Waals surface area contributed by atoms with E-state index in [0.717, 1.165) is 0 Å². The van der Waals surface area contributed by atoms with Crippen molar-refractivity contribution in [3.8, 4) is 0 Å². The quantitative estimate of drug-likeness (QED) is 0.720. The van der Waals surface area contributed by atoms with Crippen molar-refractivity contribution in [1.29, 1.82) is 0 Å².